The summed E-state index contributed by atoms with van der Waals surface area (Å²) >= 11 is 0. The van der Waals surface area contributed by atoms with Gasteiger partial charge in [-0.1, -0.05) is 38.1 Å². The van der Waals surface area contributed by atoms with Crippen LogP contribution in [-0.4, -0.2) is 37.7 Å². The third-order valence-corrected chi connectivity index (χ3v) is 5.94. The lowest BCUT2D eigenvalue weighted by Gasteiger charge is -2.20. The van der Waals surface area contributed by atoms with Gasteiger partial charge >= 0.3 is 5.76 Å². The predicted octanol–water partition coefficient (Wildman–Crippen LogP) is 1.68. The fourth-order valence-electron chi connectivity index (χ4n) is 3.67. The van der Waals surface area contributed by atoms with Crippen molar-refractivity contribution in [2.45, 2.75) is 52.6 Å². The van der Waals surface area contributed by atoms with Crippen LogP contribution in [0.25, 0.3) is 11.3 Å². The molecule has 12 heteroatoms. The van der Waals surface area contributed by atoms with Gasteiger partial charge in [-0.3, -0.25) is 28.5 Å². The van der Waals surface area contributed by atoms with Gasteiger partial charge in [0.05, 0.1) is 11.4 Å². The highest BCUT2D eigenvalue weighted by Gasteiger charge is 2.49. The predicted molar refractivity (Wildman–Crippen MR) is 131 cm³/mol. The van der Waals surface area contributed by atoms with E-state index in [-0.39, 0.29) is 18.3 Å². The van der Waals surface area contributed by atoms with E-state index in [1.807, 2.05) is 0 Å². The van der Waals surface area contributed by atoms with E-state index < -0.39 is 28.2 Å². The Morgan fingerprint density at radius 1 is 1.25 bits per heavy atom. The highest BCUT2D eigenvalue weighted by molar-refractivity contribution is 5.99. The van der Waals surface area contributed by atoms with Crippen LogP contribution in [0.5, 0.6) is 0 Å². The Balaban J connectivity index is 1.60. The smallest absolute Gasteiger partial charge is 0.342 e. The summed E-state index contributed by atoms with van der Waals surface area (Å²) in [4.78, 5) is 56.6. The van der Waals surface area contributed by atoms with E-state index in [4.69, 9.17) is 5.41 Å². The molecule has 36 heavy (non-hydrogen) atoms. The van der Waals surface area contributed by atoms with E-state index in [1.54, 1.807) is 45.9 Å². The molecule has 2 aromatic heterocycles. The van der Waals surface area contributed by atoms with E-state index in [2.05, 4.69) is 30.3 Å². The van der Waals surface area contributed by atoms with Gasteiger partial charge in [0.15, 0.2) is 5.82 Å². The number of carbonyl (C=O) groups excluding carboxylic acids is 2. The molecule has 12 nitrogen and oxygen atoms in total. The molecule has 1 aromatic carbocycles. The van der Waals surface area contributed by atoms with Crippen molar-refractivity contribution < 1.29 is 14.1 Å². The quantitative estimate of drug-likeness (QED) is 0.362. The van der Waals surface area contributed by atoms with Crippen LogP contribution in [0.15, 0.2) is 38.4 Å². The SMILES string of the molecule is Cc1nc(-c2ccc(C=N)cc2NC(=O)C(C)(C)C)cc(=O)n1CC(=O)NC1(c2noc(=O)[nH]2)CC1. The molecule has 0 unspecified atom stereocenters. The molecule has 2 amide bonds. The second kappa shape index (κ2) is 9.02. The fourth-order valence-corrected chi connectivity index (χ4v) is 3.67. The summed E-state index contributed by atoms with van der Waals surface area (Å²) in [7, 11) is 0. The highest BCUT2D eigenvalue weighted by atomic mass is 16.5. The van der Waals surface area contributed by atoms with Gasteiger partial charge in [0.25, 0.3) is 5.56 Å². The van der Waals surface area contributed by atoms with Crippen LogP contribution in [0.1, 0.15) is 50.8 Å². The zero-order valence-corrected chi connectivity index (χ0v) is 20.4. The standard InChI is InChI=1S/C24H27N7O5/c1-13-26-17(15-6-5-14(11-25)9-16(15)27-21(34)23(2,3)4)10-19(33)31(13)12-18(32)29-24(7-8-24)20-28-22(35)36-30-20/h5-6,9-11,25H,7-8,12H2,1-4H3,(H,27,34)(H,29,32)(H,28,30,35). The van der Waals surface area contributed by atoms with Gasteiger partial charge in [0.2, 0.25) is 11.8 Å². The van der Waals surface area contributed by atoms with Crippen molar-refractivity contribution in [1.82, 2.24) is 25.0 Å². The van der Waals surface area contributed by atoms with Crippen molar-refractivity contribution in [2.24, 2.45) is 5.41 Å². The number of hydrogen-bond donors (Lipinski definition) is 4. The molecule has 4 N–H and O–H groups in total. The number of aromatic nitrogens is 4. The zero-order chi connectivity index (χ0) is 26.3. The van der Waals surface area contributed by atoms with Crippen LogP contribution in [0, 0.1) is 17.7 Å². The van der Waals surface area contributed by atoms with Gasteiger partial charge in [-0.2, -0.15) is 0 Å². The first-order valence-corrected chi connectivity index (χ1v) is 11.3. The first-order valence-electron chi connectivity index (χ1n) is 11.3. The van der Waals surface area contributed by atoms with Crippen LogP contribution < -0.4 is 21.9 Å². The number of nitrogens with zero attached hydrogens (tertiary/aromatic N) is 3. The number of aryl methyl sites for hydroxylation is 1. The van der Waals surface area contributed by atoms with Crippen molar-refractivity contribution >= 4 is 23.7 Å². The highest BCUT2D eigenvalue weighted by Crippen LogP contribution is 2.43. The van der Waals surface area contributed by atoms with Crippen molar-refractivity contribution in [3.8, 4) is 11.3 Å². The topological polar surface area (TPSA) is 176 Å². The average molecular weight is 494 g/mol. The molecule has 0 spiro atoms. The van der Waals surface area contributed by atoms with Gasteiger partial charge in [-0.05, 0) is 31.4 Å². The Kier molecular flexibility index (Phi) is 6.21. The van der Waals surface area contributed by atoms with Crippen LogP contribution in [0.2, 0.25) is 0 Å². The van der Waals surface area contributed by atoms with E-state index in [0.29, 0.717) is 41.2 Å². The maximum Gasteiger partial charge on any atom is 0.438 e. The van der Waals surface area contributed by atoms with Crippen molar-refractivity contribution in [3.63, 3.8) is 0 Å². The molecule has 0 atom stereocenters. The van der Waals surface area contributed by atoms with Crippen LogP contribution in [-0.2, 0) is 21.7 Å². The summed E-state index contributed by atoms with van der Waals surface area (Å²) in [6.07, 6.45) is 2.33. The summed E-state index contributed by atoms with van der Waals surface area (Å²) in [5.74, 6) is -0.822. The zero-order valence-electron chi connectivity index (χ0n) is 20.4. The molecule has 0 radical (unpaired) electrons. The number of rotatable bonds is 7. The third kappa shape index (κ3) is 5.02. The van der Waals surface area contributed by atoms with E-state index in [0.717, 1.165) is 6.21 Å². The summed E-state index contributed by atoms with van der Waals surface area (Å²) in [6.45, 7) is 6.68. The van der Waals surface area contributed by atoms with Crippen LogP contribution in [0.3, 0.4) is 0 Å². The van der Waals surface area contributed by atoms with Gasteiger partial charge < -0.3 is 16.0 Å². The first kappa shape index (κ1) is 24.8. The molecule has 0 aliphatic heterocycles. The monoisotopic (exact) mass is 493 g/mol. The first-order chi connectivity index (χ1) is 16.9. The molecule has 0 bridgehead atoms. The largest absolute Gasteiger partial charge is 0.438 e. The molecule has 4 rings (SSSR count). The Morgan fingerprint density at radius 3 is 2.53 bits per heavy atom. The second-order valence-electron chi connectivity index (χ2n) is 9.84. The minimum atomic E-state index is -0.801. The minimum Gasteiger partial charge on any atom is -0.342 e. The van der Waals surface area contributed by atoms with Crippen molar-refractivity contribution in [1.29, 1.82) is 5.41 Å². The normalized spacial score (nSPS) is 14.2. The average Bonchev–Trinajstić information content (AvgIpc) is 3.44. The summed E-state index contributed by atoms with van der Waals surface area (Å²) < 4.78 is 5.77. The Hall–Kier alpha value is -4.35. The molecule has 1 aliphatic rings. The van der Waals surface area contributed by atoms with Gasteiger partial charge in [-0.15, -0.1) is 0 Å². The number of amides is 2. The van der Waals surface area contributed by atoms with Gasteiger partial charge in [-0.25, -0.2) is 9.78 Å². The van der Waals surface area contributed by atoms with Gasteiger partial charge in [0.1, 0.15) is 17.9 Å². The number of nitrogens with one attached hydrogen (secondary N) is 4. The lowest BCUT2D eigenvalue weighted by Crippen LogP contribution is -2.40. The number of anilines is 1. The number of aromatic amines is 1. The van der Waals surface area contributed by atoms with Crippen LogP contribution in [0.4, 0.5) is 5.69 Å². The fraction of sp³-hybridized carbons (Fsp3) is 0.375. The van der Waals surface area contributed by atoms with E-state index in [1.165, 1.54) is 10.6 Å². The molecule has 1 fully saturated rings. The van der Waals surface area contributed by atoms with Crippen molar-refractivity contribution in [2.75, 3.05) is 5.32 Å². The Bertz CT molecular complexity index is 1470. The molecule has 188 valence electrons. The minimum absolute atomic E-state index is 0.227. The number of carbonyl (C=O) groups is 2. The Morgan fingerprint density at radius 2 is 1.97 bits per heavy atom. The lowest BCUT2D eigenvalue weighted by molar-refractivity contribution is -0.123. The molecule has 2 heterocycles. The number of benzene rings is 1. The molecule has 3 aromatic rings. The number of hydrogen-bond acceptors (Lipinski definition) is 8. The lowest BCUT2D eigenvalue weighted by atomic mass is 9.95. The van der Waals surface area contributed by atoms with E-state index in [9.17, 15) is 19.2 Å². The molecular formula is C24H27N7O5. The Labute approximate surface area is 205 Å². The molecular weight excluding hydrogens is 466 g/mol. The molecule has 1 aliphatic carbocycles. The molecule has 0 saturated heterocycles. The van der Waals surface area contributed by atoms with Gasteiger partial charge in [0, 0.05) is 23.3 Å². The van der Waals surface area contributed by atoms with Crippen LogP contribution >= 0.6 is 0 Å². The molecule has 1 saturated carbocycles. The number of H-pyrrole nitrogens is 1. The third-order valence-electron chi connectivity index (χ3n) is 5.94. The maximum atomic E-state index is 13.0. The second-order valence-corrected chi connectivity index (χ2v) is 9.84. The van der Waals surface area contributed by atoms with Crippen molar-refractivity contribution in [3.05, 3.63) is 62.4 Å². The summed E-state index contributed by atoms with van der Waals surface area (Å²) in [5.41, 5.74) is -0.0599. The summed E-state index contributed by atoms with van der Waals surface area (Å²) in [5, 5.41) is 16.9. The maximum absolute atomic E-state index is 13.0. The summed E-state index contributed by atoms with van der Waals surface area (Å²) in [6, 6.07) is 6.32. The van der Waals surface area contributed by atoms with E-state index >= 15 is 0 Å².